The maximum atomic E-state index is 14.1. The number of halogens is 17. The van der Waals surface area contributed by atoms with Crippen molar-refractivity contribution in [1.82, 2.24) is 0 Å². The number of benzene rings is 2. The van der Waals surface area contributed by atoms with E-state index in [0.717, 1.165) is 0 Å². The maximum Gasteiger partial charge on any atom is 0.460 e. The number of carbonyl (C=O) groups excluding carboxylic acids is 1. The van der Waals surface area contributed by atoms with Gasteiger partial charge in [0.05, 0.1) is 0 Å². The zero-order valence-electron chi connectivity index (χ0n) is 19.7. The van der Waals surface area contributed by atoms with E-state index in [9.17, 15) is 87.8 Å². The number of hydrogen-bond donors (Lipinski definition) is 0. The lowest BCUT2D eigenvalue weighted by Gasteiger charge is -2.42. The fourth-order valence-electron chi connectivity index (χ4n) is 2.90. The van der Waals surface area contributed by atoms with Gasteiger partial charge in [0.2, 0.25) is 0 Å². The standard InChI is InChI=1S/C21H9F17O4S/c22-14(23,16(26,27)18(30,31)20(34,35)36)15(24,25)17(28,29)19(32,33)21(37,38)43(40,41)42-12-8-6-11(7-9-12)13(39)10-4-2-1-3-5-10/h1-9H. The molecule has 0 fully saturated rings. The molecular formula is C21H9F17O4S. The first kappa shape index (κ1) is 35.9. The van der Waals surface area contributed by atoms with Crippen LogP contribution in [0.2, 0.25) is 0 Å². The number of hydrogen-bond acceptors (Lipinski definition) is 4. The molecule has 0 bridgehead atoms. The van der Waals surface area contributed by atoms with E-state index in [0.29, 0.717) is 12.1 Å². The molecule has 0 heterocycles. The number of ketones is 1. The first-order valence-electron chi connectivity index (χ1n) is 10.3. The molecule has 0 saturated carbocycles. The van der Waals surface area contributed by atoms with E-state index in [1.54, 1.807) is 0 Å². The van der Waals surface area contributed by atoms with Crippen LogP contribution in [0.3, 0.4) is 0 Å². The molecule has 43 heavy (non-hydrogen) atoms. The molecular weight excluding hydrogens is 671 g/mol. The minimum absolute atomic E-state index is 0.0199. The van der Waals surface area contributed by atoms with E-state index < -0.39 is 68.6 Å². The van der Waals surface area contributed by atoms with Crippen LogP contribution in [0.1, 0.15) is 15.9 Å². The van der Waals surface area contributed by atoms with Gasteiger partial charge in [0.15, 0.2) is 5.78 Å². The van der Waals surface area contributed by atoms with Gasteiger partial charge in [-0.1, -0.05) is 30.3 Å². The number of carbonyl (C=O) groups is 1. The lowest BCUT2D eigenvalue weighted by atomic mass is 9.91. The Balaban J connectivity index is 2.50. The SMILES string of the molecule is O=C(c1ccccc1)c1ccc(OS(=O)(=O)C(F)(F)C(F)(F)C(F)(F)C(F)(F)C(F)(F)C(F)(F)C(F)(F)C(F)(F)F)cc1. The summed E-state index contributed by atoms with van der Waals surface area (Å²) in [4.78, 5) is 12.2. The van der Waals surface area contributed by atoms with Gasteiger partial charge in [-0.3, -0.25) is 4.79 Å². The molecule has 22 heteroatoms. The molecule has 2 aromatic rings. The summed E-state index contributed by atoms with van der Waals surface area (Å²) in [6, 6.07) is 8.34. The van der Waals surface area contributed by atoms with Crippen molar-refractivity contribution in [3.8, 4) is 5.75 Å². The summed E-state index contributed by atoms with van der Waals surface area (Å²) in [7, 11) is -7.77. The van der Waals surface area contributed by atoms with E-state index >= 15 is 0 Å². The third-order valence-corrected chi connectivity index (χ3v) is 6.66. The van der Waals surface area contributed by atoms with Crippen LogP contribution in [0.15, 0.2) is 54.6 Å². The van der Waals surface area contributed by atoms with E-state index in [1.807, 2.05) is 0 Å². The normalized spacial score (nSPS) is 14.9. The molecule has 0 spiro atoms. The highest BCUT2D eigenvalue weighted by atomic mass is 32.2. The van der Waals surface area contributed by atoms with Crippen molar-refractivity contribution in [3.63, 3.8) is 0 Å². The van der Waals surface area contributed by atoms with Crippen LogP contribution in [0, 0.1) is 0 Å². The Labute approximate surface area is 227 Å². The Morgan fingerprint density at radius 3 is 1.23 bits per heavy atom. The average molecular weight is 680 g/mol. The van der Waals surface area contributed by atoms with Crippen LogP contribution in [0.25, 0.3) is 0 Å². The second-order valence-electron chi connectivity index (χ2n) is 8.22. The summed E-state index contributed by atoms with van der Waals surface area (Å²) in [6.07, 6.45) is -7.92. The summed E-state index contributed by atoms with van der Waals surface area (Å²) in [5.74, 6) is -54.6. The second-order valence-corrected chi connectivity index (χ2v) is 9.81. The molecule has 0 amide bonds. The Morgan fingerprint density at radius 2 is 0.837 bits per heavy atom. The summed E-state index contributed by atoms with van der Waals surface area (Å²) >= 11 is 0. The molecule has 242 valence electrons. The highest BCUT2D eigenvalue weighted by Crippen LogP contribution is 2.64. The molecule has 2 aromatic carbocycles. The van der Waals surface area contributed by atoms with Crippen molar-refractivity contribution in [1.29, 1.82) is 0 Å². The summed E-state index contributed by atoms with van der Waals surface area (Å²) in [6.45, 7) is 0. The molecule has 0 aromatic heterocycles. The first-order chi connectivity index (χ1) is 19.0. The summed E-state index contributed by atoms with van der Waals surface area (Å²) in [5.41, 5.74) is -0.397. The molecule has 0 aliphatic rings. The van der Waals surface area contributed by atoms with E-state index in [2.05, 4.69) is 4.18 Å². The third-order valence-electron chi connectivity index (χ3n) is 5.37. The zero-order chi connectivity index (χ0) is 33.9. The van der Waals surface area contributed by atoms with Gasteiger partial charge >= 0.3 is 57.1 Å². The van der Waals surface area contributed by atoms with E-state index in [-0.39, 0.29) is 23.3 Å². The fraction of sp³-hybridized carbons (Fsp3) is 0.381. The zero-order valence-corrected chi connectivity index (χ0v) is 20.5. The van der Waals surface area contributed by atoms with E-state index in [4.69, 9.17) is 0 Å². The van der Waals surface area contributed by atoms with Crippen molar-refractivity contribution in [2.75, 3.05) is 0 Å². The molecule has 2 rings (SSSR count). The van der Waals surface area contributed by atoms with E-state index in [1.165, 1.54) is 30.3 Å². The monoisotopic (exact) mass is 680 g/mol. The van der Waals surface area contributed by atoms with Crippen molar-refractivity contribution >= 4 is 15.9 Å². The largest absolute Gasteiger partial charge is 0.460 e. The Bertz CT molecular complexity index is 1430. The lowest BCUT2D eigenvalue weighted by Crippen LogP contribution is -2.75. The van der Waals surface area contributed by atoms with Gasteiger partial charge in [0.25, 0.3) is 0 Å². The predicted octanol–water partition coefficient (Wildman–Crippen LogP) is 7.59. The highest BCUT2D eigenvalue weighted by Gasteiger charge is 2.96. The Morgan fingerprint density at radius 1 is 0.488 bits per heavy atom. The smallest absolute Gasteiger partial charge is 0.378 e. The summed E-state index contributed by atoms with van der Waals surface area (Å²) < 4.78 is 254. The third kappa shape index (κ3) is 5.23. The molecule has 0 saturated heterocycles. The van der Waals surface area contributed by atoms with Crippen LogP contribution in [0.4, 0.5) is 74.6 Å². The predicted molar refractivity (Wildman–Crippen MR) is 107 cm³/mol. The molecule has 0 unspecified atom stereocenters. The lowest BCUT2D eigenvalue weighted by molar-refractivity contribution is -0.458. The fourth-order valence-corrected chi connectivity index (χ4v) is 3.81. The first-order valence-corrected chi connectivity index (χ1v) is 11.7. The Hall–Kier alpha value is -3.33. The molecule has 0 atom stereocenters. The Kier molecular flexibility index (Phi) is 8.67. The molecule has 0 aliphatic heterocycles. The van der Waals surface area contributed by atoms with Crippen LogP contribution in [-0.4, -0.2) is 61.2 Å². The van der Waals surface area contributed by atoms with Gasteiger partial charge in [0.1, 0.15) is 5.75 Å². The molecule has 0 aliphatic carbocycles. The molecule has 4 nitrogen and oxygen atoms in total. The highest BCUT2D eigenvalue weighted by molar-refractivity contribution is 7.88. The summed E-state index contributed by atoms with van der Waals surface area (Å²) in [5, 5.41) is -7.82. The minimum atomic E-state index is -8.94. The van der Waals surface area contributed by atoms with Crippen molar-refractivity contribution in [2.45, 2.75) is 47.0 Å². The minimum Gasteiger partial charge on any atom is -0.378 e. The van der Waals surface area contributed by atoms with Crippen LogP contribution in [0.5, 0.6) is 5.75 Å². The van der Waals surface area contributed by atoms with Gasteiger partial charge in [-0.25, -0.2) is 0 Å². The van der Waals surface area contributed by atoms with Crippen molar-refractivity contribution in [2.24, 2.45) is 0 Å². The van der Waals surface area contributed by atoms with Gasteiger partial charge in [-0.15, -0.1) is 0 Å². The number of rotatable bonds is 11. The topological polar surface area (TPSA) is 60.4 Å². The van der Waals surface area contributed by atoms with Crippen molar-refractivity contribution < 1.29 is 92.0 Å². The molecule has 0 radical (unpaired) electrons. The average Bonchev–Trinajstić information content (AvgIpc) is 2.87. The van der Waals surface area contributed by atoms with Gasteiger partial charge in [0, 0.05) is 11.1 Å². The van der Waals surface area contributed by atoms with Crippen LogP contribution >= 0.6 is 0 Å². The molecule has 0 N–H and O–H groups in total. The maximum absolute atomic E-state index is 14.1. The van der Waals surface area contributed by atoms with Crippen LogP contribution < -0.4 is 4.18 Å². The number of alkyl halides is 17. The van der Waals surface area contributed by atoms with Crippen molar-refractivity contribution in [3.05, 3.63) is 65.7 Å². The second kappa shape index (κ2) is 10.4. The van der Waals surface area contributed by atoms with Crippen LogP contribution in [-0.2, 0) is 10.1 Å². The van der Waals surface area contributed by atoms with Gasteiger partial charge in [-0.05, 0) is 24.3 Å². The van der Waals surface area contributed by atoms with Gasteiger partial charge in [-0.2, -0.15) is 83.1 Å². The quantitative estimate of drug-likeness (QED) is 0.140. The van der Waals surface area contributed by atoms with Gasteiger partial charge < -0.3 is 4.18 Å².